The van der Waals surface area contributed by atoms with Gasteiger partial charge in [0.2, 0.25) is 0 Å². The zero-order chi connectivity index (χ0) is 17.8. The van der Waals surface area contributed by atoms with Gasteiger partial charge in [-0.15, -0.1) is 0 Å². The first kappa shape index (κ1) is 17.3. The number of hydrogen-bond donors (Lipinski definition) is 2. The van der Waals surface area contributed by atoms with Gasteiger partial charge in [0.05, 0.1) is 11.9 Å². The number of rotatable bonds is 4. The van der Waals surface area contributed by atoms with Gasteiger partial charge in [-0.1, -0.05) is 35.3 Å². The topological polar surface area (TPSA) is 54.0 Å². The molecule has 0 aliphatic rings. The Hall–Kier alpha value is -2.56. The first-order chi connectivity index (χ1) is 12.0. The zero-order valence-corrected chi connectivity index (χ0v) is 14.9. The van der Waals surface area contributed by atoms with E-state index in [0.717, 1.165) is 11.3 Å². The predicted octanol–water partition coefficient (Wildman–Crippen LogP) is 5.69. The molecule has 4 nitrogen and oxygen atoms in total. The maximum atomic E-state index is 12.2. The second-order valence-corrected chi connectivity index (χ2v) is 6.28. The van der Waals surface area contributed by atoms with E-state index in [-0.39, 0.29) is 5.91 Å². The Kier molecular flexibility index (Phi) is 5.22. The minimum absolute atomic E-state index is 0.240. The number of halogens is 2. The van der Waals surface area contributed by atoms with Crippen LogP contribution in [0.4, 0.5) is 17.2 Å². The molecule has 3 rings (SSSR count). The molecule has 0 saturated heterocycles. The average Bonchev–Trinajstić information content (AvgIpc) is 2.60. The summed E-state index contributed by atoms with van der Waals surface area (Å²) < 4.78 is 0. The molecule has 1 heterocycles. The van der Waals surface area contributed by atoms with Crippen LogP contribution >= 0.6 is 23.2 Å². The van der Waals surface area contributed by atoms with E-state index in [1.54, 1.807) is 42.6 Å². The van der Waals surface area contributed by atoms with Crippen LogP contribution in [0.2, 0.25) is 10.0 Å². The molecule has 0 unspecified atom stereocenters. The summed E-state index contributed by atoms with van der Waals surface area (Å²) in [5.74, 6) is 0.418. The standard InChI is InChI=1S/C19H15Cl2N3O/c1-12-16(21)6-3-7-17(12)24-18-9-8-15(11-22-18)23-19(25)13-4-2-5-14(20)10-13/h2-11H,1H3,(H,22,24)(H,23,25). The van der Waals surface area contributed by atoms with Gasteiger partial charge in [-0.3, -0.25) is 4.79 Å². The molecule has 126 valence electrons. The Morgan fingerprint density at radius 3 is 2.56 bits per heavy atom. The van der Waals surface area contributed by atoms with Crippen molar-refractivity contribution in [3.8, 4) is 0 Å². The van der Waals surface area contributed by atoms with Crippen LogP contribution in [0, 0.1) is 6.92 Å². The molecule has 0 saturated carbocycles. The number of pyridine rings is 1. The van der Waals surface area contributed by atoms with Crippen molar-refractivity contribution in [1.29, 1.82) is 0 Å². The Labute approximate surface area is 155 Å². The van der Waals surface area contributed by atoms with E-state index >= 15 is 0 Å². The third-order valence-electron chi connectivity index (χ3n) is 3.64. The van der Waals surface area contributed by atoms with Gasteiger partial charge in [-0.2, -0.15) is 0 Å². The van der Waals surface area contributed by atoms with Gasteiger partial charge in [0, 0.05) is 21.3 Å². The van der Waals surface area contributed by atoms with Gasteiger partial charge in [-0.25, -0.2) is 4.98 Å². The van der Waals surface area contributed by atoms with Crippen LogP contribution < -0.4 is 10.6 Å². The van der Waals surface area contributed by atoms with E-state index in [2.05, 4.69) is 15.6 Å². The van der Waals surface area contributed by atoms with Gasteiger partial charge in [0.25, 0.3) is 5.91 Å². The molecule has 0 fully saturated rings. The van der Waals surface area contributed by atoms with Crippen LogP contribution in [0.25, 0.3) is 0 Å². The molecule has 2 N–H and O–H groups in total. The maximum absolute atomic E-state index is 12.2. The van der Waals surface area contributed by atoms with Gasteiger partial charge < -0.3 is 10.6 Å². The van der Waals surface area contributed by atoms with E-state index in [1.807, 2.05) is 25.1 Å². The number of amides is 1. The van der Waals surface area contributed by atoms with Crippen molar-refractivity contribution in [3.05, 3.63) is 82.0 Å². The molecule has 0 aliphatic carbocycles. The Morgan fingerprint density at radius 1 is 1.04 bits per heavy atom. The lowest BCUT2D eigenvalue weighted by molar-refractivity contribution is 0.102. The van der Waals surface area contributed by atoms with E-state index in [9.17, 15) is 4.79 Å². The minimum Gasteiger partial charge on any atom is -0.340 e. The van der Waals surface area contributed by atoms with Crippen molar-refractivity contribution in [1.82, 2.24) is 4.98 Å². The number of anilines is 3. The zero-order valence-electron chi connectivity index (χ0n) is 13.4. The lowest BCUT2D eigenvalue weighted by atomic mass is 10.2. The summed E-state index contributed by atoms with van der Waals surface area (Å²) in [6.07, 6.45) is 1.59. The van der Waals surface area contributed by atoms with Crippen molar-refractivity contribution < 1.29 is 4.79 Å². The fourth-order valence-corrected chi connectivity index (χ4v) is 2.62. The van der Waals surface area contributed by atoms with E-state index < -0.39 is 0 Å². The van der Waals surface area contributed by atoms with Crippen LogP contribution in [0.15, 0.2) is 60.8 Å². The number of benzene rings is 2. The van der Waals surface area contributed by atoms with Crippen molar-refractivity contribution >= 4 is 46.3 Å². The van der Waals surface area contributed by atoms with Crippen LogP contribution in [0.3, 0.4) is 0 Å². The monoisotopic (exact) mass is 371 g/mol. The lowest BCUT2D eigenvalue weighted by Gasteiger charge is -2.11. The van der Waals surface area contributed by atoms with Crippen molar-refractivity contribution in [3.63, 3.8) is 0 Å². The number of carbonyl (C=O) groups excluding carboxylic acids is 1. The third kappa shape index (κ3) is 4.29. The number of aromatic nitrogens is 1. The van der Waals surface area contributed by atoms with Crippen LogP contribution in [-0.2, 0) is 0 Å². The quantitative estimate of drug-likeness (QED) is 0.618. The highest BCUT2D eigenvalue weighted by Crippen LogP contribution is 2.25. The Balaban J connectivity index is 1.70. The lowest BCUT2D eigenvalue weighted by Crippen LogP contribution is -2.12. The molecule has 2 aromatic carbocycles. The Morgan fingerprint density at radius 2 is 1.84 bits per heavy atom. The third-order valence-corrected chi connectivity index (χ3v) is 4.28. The smallest absolute Gasteiger partial charge is 0.255 e. The number of nitrogens with one attached hydrogen (secondary N) is 2. The molecule has 1 aromatic heterocycles. The fraction of sp³-hybridized carbons (Fsp3) is 0.0526. The fourth-order valence-electron chi connectivity index (χ4n) is 2.26. The second-order valence-electron chi connectivity index (χ2n) is 5.43. The largest absolute Gasteiger partial charge is 0.340 e. The van der Waals surface area contributed by atoms with E-state index in [1.165, 1.54) is 0 Å². The SMILES string of the molecule is Cc1c(Cl)cccc1Nc1ccc(NC(=O)c2cccc(Cl)c2)cn1. The van der Waals surface area contributed by atoms with Gasteiger partial charge >= 0.3 is 0 Å². The first-order valence-corrected chi connectivity index (χ1v) is 8.33. The summed E-state index contributed by atoms with van der Waals surface area (Å²) in [5.41, 5.74) is 2.92. The van der Waals surface area contributed by atoms with Gasteiger partial charge in [-0.05, 0) is 55.0 Å². The molecule has 1 amide bonds. The maximum Gasteiger partial charge on any atom is 0.255 e. The summed E-state index contributed by atoms with van der Waals surface area (Å²) in [4.78, 5) is 16.5. The van der Waals surface area contributed by atoms with Crippen LogP contribution in [0.5, 0.6) is 0 Å². The van der Waals surface area contributed by atoms with Gasteiger partial charge in [0.15, 0.2) is 0 Å². The molecule has 0 atom stereocenters. The highest BCUT2D eigenvalue weighted by atomic mass is 35.5. The van der Waals surface area contributed by atoms with Gasteiger partial charge in [0.1, 0.15) is 5.82 Å². The van der Waals surface area contributed by atoms with Crippen molar-refractivity contribution in [2.45, 2.75) is 6.92 Å². The van der Waals surface area contributed by atoms with E-state index in [0.29, 0.717) is 27.1 Å². The average molecular weight is 372 g/mol. The first-order valence-electron chi connectivity index (χ1n) is 7.58. The molecule has 0 bridgehead atoms. The molecule has 6 heteroatoms. The number of carbonyl (C=O) groups is 1. The number of nitrogens with zero attached hydrogens (tertiary/aromatic N) is 1. The number of hydrogen-bond acceptors (Lipinski definition) is 3. The van der Waals surface area contributed by atoms with Crippen molar-refractivity contribution in [2.24, 2.45) is 0 Å². The summed E-state index contributed by atoms with van der Waals surface area (Å²) in [5, 5.41) is 7.20. The molecular weight excluding hydrogens is 357 g/mol. The molecule has 3 aromatic rings. The molecular formula is C19H15Cl2N3O. The predicted molar refractivity (Wildman–Crippen MR) is 103 cm³/mol. The van der Waals surface area contributed by atoms with Crippen LogP contribution in [0.1, 0.15) is 15.9 Å². The van der Waals surface area contributed by atoms with Crippen LogP contribution in [-0.4, -0.2) is 10.9 Å². The van der Waals surface area contributed by atoms with Crippen molar-refractivity contribution in [2.75, 3.05) is 10.6 Å². The minimum atomic E-state index is -0.240. The summed E-state index contributed by atoms with van der Waals surface area (Å²) in [6.45, 7) is 1.93. The Bertz CT molecular complexity index is 911. The molecule has 0 spiro atoms. The molecule has 0 aliphatic heterocycles. The summed E-state index contributed by atoms with van der Waals surface area (Å²) in [6, 6.07) is 16.0. The second kappa shape index (κ2) is 7.55. The summed E-state index contributed by atoms with van der Waals surface area (Å²) in [7, 11) is 0. The normalized spacial score (nSPS) is 10.4. The van der Waals surface area contributed by atoms with E-state index in [4.69, 9.17) is 23.2 Å². The molecule has 0 radical (unpaired) electrons. The highest BCUT2D eigenvalue weighted by molar-refractivity contribution is 6.31. The summed E-state index contributed by atoms with van der Waals surface area (Å²) >= 11 is 12.0. The molecule has 25 heavy (non-hydrogen) atoms. The highest BCUT2D eigenvalue weighted by Gasteiger charge is 2.07.